The number of primary amides is 1. The number of nitrogens with one attached hydrogen (secondary N) is 4. The van der Waals surface area contributed by atoms with Crippen LogP contribution in [0.15, 0.2) is 0 Å². The van der Waals surface area contributed by atoms with Crippen molar-refractivity contribution in [3.63, 3.8) is 0 Å². The molecule has 0 aromatic rings. The number of hydrogen-bond acceptors (Lipinski definition) is 7. The van der Waals surface area contributed by atoms with Crippen LogP contribution >= 0.6 is 0 Å². The van der Waals surface area contributed by atoms with Gasteiger partial charge < -0.3 is 37.2 Å². The lowest BCUT2D eigenvalue weighted by Gasteiger charge is -2.24. The molecule has 12 heteroatoms. The topological polar surface area (TPSA) is 200 Å². The van der Waals surface area contributed by atoms with Crippen LogP contribution in [-0.4, -0.2) is 77.1 Å². The Balaban J connectivity index is 2.81. The molecule has 1 rings (SSSR count). The second-order valence-electron chi connectivity index (χ2n) is 7.65. The maximum Gasteiger partial charge on any atom is 0.326 e. The fourth-order valence-electron chi connectivity index (χ4n) is 3.02. The van der Waals surface area contributed by atoms with E-state index in [1.165, 1.54) is 0 Å². The molecule has 0 saturated carbocycles. The number of aliphatic carboxylic acids is 1. The number of amides is 4. The van der Waals surface area contributed by atoms with E-state index in [2.05, 4.69) is 21.3 Å². The molecule has 4 atom stereocenters. The lowest BCUT2D eigenvalue weighted by atomic mass is 10.0. The van der Waals surface area contributed by atoms with Crippen molar-refractivity contribution in [2.24, 2.45) is 11.7 Å². The molecule has 8 N–H and O–H groups in total. The Morgan fingerprint density at radius 2 is 1.63 bits per heavy atom. The van der Waals surface area contributed by atoms with Crippen LogP contribution in [0.3, 0.4) is 0 Å². The van der Waals surface area contributed by atoms with E-state index < -0.39 is 66.8 Å². The fourth-order valence-corrected chi connectivity index (χ4v) is 3.02. The molecule has 30 heavy (non-hydrogen) atoms. The van der Waals surface area contributed by atoms with Gasteiger partial charge in [-0.15, -0.1) is 0 Å². The molecule has 1 heterocycles. The number of rotatable bonds is 12. The van der Waals surface area contributed by atoms with Crippen LogP contribution in [0.25, 0.3) is 0 Å². The van der Waals surface area contributed by atoms with Crippen molar-refractivity contribution in [2.45, 2.75) is 63.7 Å². The molecule has 0 aromatic heterocycles. The molecule has 0 aliphatic carbocycles. The lowest BCUT2D eigenvalue weighted by molar-refractivity contribution is -0.143. The largest absolute Gasteiger partial charge is 0.480 e. The third-order valence-corrected chi connectivity index (χ3v) is 4.55. The normalized spacial score (nSPS) is 18.9. The Morgan fingerprint density at radius 3 is 2.10 bits per heavy atom. The van der Waals surface area contributed by atoms with Crippen LogP contribution < -0.4 is 27.0 Å². The van der Waals surface area contributed by atoms with Crippen molar-refractivity contribution in [1.82, 2.24) is 21.3 Å². The quantitative estimate of drug-likeness (QED) is 0.172. The second-order valence-corrected chi connectivity index (χ2v) is 7.65. The SMILES string of the molecule is CC(C)CC(NC(=O)C(CC(N)=O)NC(=O)C(CO)NC(=O)C1CCCN1)C(=O)O. The highest BCUT2D eigenvalue weighted by Crippen LogP contribution is 2.07. The molecule has 4 unspecified atom stereocenters. The van der Waals surface area contributed by atoms with Gasteiger partial charge in [-0.1, -0.05) is 13.8 Å². The predicted molar refractivity (Wildman–Crippen MR) is 105 cm³/mol. The van der Waals surface area contributed by atoms with Crippen LogP contribution in [0.5, 0.6) is 0 Å². The summed E-state index contributed by atoms with van der Waals surface area (Å²) < 4.78 is 0. The van der Waals surface area contributed by atoms with E-state index in [4.69, 9.17) is 5.73 Å². The fraction of sp³-hybridized carbons (Fsp3) is 0.722. The van der Waals surface area contributed by atoms with Crippen molar-refractivity contribution < 1.29 is 34.2 Å². The Hall–Kier alpha value is -2.73. The molecule has 0 aromatic carbocycles. The number of carboxylic acid groups (broad SMARTS) is 1. The average molecular weight is 429 g/mol. The molecule has 170 valence electrons. The summed E-state index contributed by atoms with van der Waals surface area (Å²) >= 11 is 0. The Morgan fingerprint density at radius 1 is 1.03 bits per heavy atom. The molecule has 12 nitrogen and oxygen atoms in total. The first kappa shape index (κ1) is 25.3. The van der Waals surface area contributed by atoms with Gasteiger partial charge in [-0.05, 0) is 31.7 Å². The van der Waals surface area contributed by atoms with Crippen LogP contribution in [0, 0.1) is 5.92 Å². The van der Waals surface area contributed by atoms with Gasteiger partial charge in [0.05, 0.1) is 19.1 Å². The minimum absolute atomic E-state index is 0.0336. The van der Waals surface area contributed by atoms with Gasteiger partial charge in [0.25, 0.3) is 0 Å². The zero-order valence-electron chi connectivity index (χ0n) is 17.1. The van der Waals surface area contributed by atoms with Gasteiger partial charge in [-0.25, -0.2) is 4.79 Å². The van der Waals surface area contributed by atoms with Crippen LogP contribution in [0.1, 0.15) is 39.5 Å². The monoisotopic (exact) mass is 429 g/mol. The van der Waals surface area contributed by atoms with Crippen LogP contribution in [0.2, 0.25) is 0 Å². The molecule has 0 bridgehead atoms. The Bertz CT molecular complexity index is 649. The third-order valence-electron chi connectivity index (χ3n) is 4.55. The highest BCUT2D eigenvalue weighted by atomic mass is 16.4. The smallest absolute Gasteiger partial charge is 0.326 e. The zero-order chi connectivity index (χ0) is 22.8. The van der Waals surface area contributed by atoms with E-state index in [9.17, 15) is 34.2 Å². The van der Waals surface area contributed by atoms with E-state index in [0.29, 0.717) is 13.0 Å². The van der Waals surface area contributed by atoms with Crippen LogP contribution in [0.4, 0.5) is 0 Å². The third kappa shape index (κ3) is 8.33. The van der Waals surface area contributed by atoms with Crippen LogP contribution in [-0.2, 0) is 24.0 Å². The molecule has 1 saturated heterocycles. The minimum atomic E-state index is -1.46. The van der Waals surface area contributed by atoms with Crippen molar-refractivity contribution in [1.29, 1.82) is 0 Å². The first-order valence-corrected chi connectivity index (χ1v) is 9.81. The number of carbonyl (C=O) groups excluding carboxylic acids is 4. The summed E-state index contributed by atoms with van der Waals surface area (Å²) in [6.07, 6.45) is 0.949. The molecular weight excluding hydrogens is 398 g/mol. The number of aliphatic hydroxyl groups is 1. The van der Waals surface area contributed by atoms with Gasteiger partial charge in [-0.3, -0.25) is 19.2 Å². The van der Waals surface area contributed by atoms with Crippen molar-refractivity contribution in [3.05, 3.63) is 0 Å². The standard InChI is InChI=1S/C18H31N5O7/c1-9(2)6-12(18(29)30)22-16(27)11(7-14(19)25)21-17(28)13(8-24)23-15(26)10-4-3-5-20-10/h9-13,20,24H,3-8H2,1-2H3,(H2,19,25)(H,21,28)(H,22,27)(H,23,26)(H,29,30). The molecular formula is C18H31N5O7. The number of nitrogens with two attached hydrogens (primary N) is 1. The van der Waals surface area contributed by atoms with E-state index in [0.717, 1.165) is 6.42 Å². The summed E-state index contributed by atoms with van der Waals surface area (Å²) in [6.45, 7) is 3.48. The van der Waals surface area contributed by atoms with E-state index >= 15 is 0 Å². The van der Waals surface area contributed by atoms with Crippen molar-refractivity contribution >= 4 is 29.6 Å². The molecule has 1 aliphatic rings. The zero-order valence-corrected chi connectivity index (χ0v) is 17.1. The number of hydrogen-bond donors (Lipinski definition) is 7. The van der Waals surface area contributed by atoms with E-state index in [1.54, 1.807) is 13.8 Å². The second kappa shape index (κ2) is 12.1. The maximum absolute atomic E-state index is 12.5. The highest BCUT2D eigenvalue weighted by molar-refractivity contribution is 5.96. The average Bonchev–Trinajstić information content (AvgIpc) is 3.18. The minimum Gasteiger partial charge on any atom is -0.480 e. The molecule has 0 radical (unpaired) electrons. The number of aliphatic hydroxyl groups excluding tert-OH is 1. The summed E-state index contributed by atoms with van der Waals surface area (Å²) in [5.41, 5.74) is 5.14. The Labute approximate surface area is 174 Å². The van der Waals surface area contributed by atoms with Gasteiger partial charge in [-0.2, -0.15) is 0 Å². The summed E-state index contributed by atoms with van der Waals surface area (Å²) in [5, 5.41) is 28.6. The van der Waals surface area contributed by atoms with Crippen molar-refractivity contribution in [2.75, 3.05) is 13.2 Å². The molecule has 4 amide bonds. The van der Waals surface area contributed by atoms with Gasteiger partial charge in [0.1, 0.15) is 18.1 Å². The summed E-state index contributed by atoms with van der Waals surface area (Å²) in [4.78, 5) is 59.8. The Kier molecular flexibility index (Phi) is 10.2. The van der Waals surface area contributed by atoms with Gasteiger partial charge in [0.2, 0.25) is 23.6 Å². The molecule has 1 aliphatic heterocycles. The highest BCUT2D eigenvalue weighted by Gasteiger charge is 2.32. The lowest BCUT2D eigenvalue weighted by Crippen LogP contribution is -2.58. The first-order chi connectivity index (χ1) is 14.0. The first-order valence-electron chi connectivity index (χ1n) is 9.81. The van der Waals surface area contributed by atoms with Gasteiger partial charge in [0.15, 0.2) is 0 Å². The predicted octanol–water partition coefficient (Wildman–Crippen LogP) is -2.81. The summed E-state index contributed by atoms with van der Waals surface area (Å²) in [6, 6.07) is -4.51. The molecule has 0 spiro atoms. The molecule has 1 fully saturated rings. The van der Waals surface area contributed by atoms with E-state index in [1.807, 2.05) is 0 Å². The van der Waals surface area contributed by atoms with Crippen molar-refractivity contribution in [3.8, 4) is 0 Å². The maximum atomic E-state index is 12.5. The van der Waals surface area contributed by atoms with Gasteiger partial charge in [0, 0.05) is 0 Å². The van der Waals surface area contributed by atoms with Gasteiger partial charge >= 0.3 is 5.97 Å². The summed E-state index contributed by atoms with van der Waals surface area (Å²) in [5.74, 6) is -4.47. The summed E-state index contributed by atoms with van der Waals surface area (Å²) in [7, 11) is 0. The number of carboxylic acids is 1. The number of carbonyl (C=O) groups is 5. The van der Waals surface area contributed by atoms with E-state index in [-0.39, 0.29) is 12.3 Å².